The normalized spacial score (nSPS) is 17.8. The third-order valence-corrected chi connectivity index (χ3v) is 12.8. The number of allylic oxidation sites excluding steroid dienone is 2. The number of halogens is 2. The van der Waals surface area contributed by atoms with Crippen molar-refractivity contribution in [2.45, 2.75) is 101 Å². The molecule has 2 aromatic carbocycles. The predicted octanol–water partition coefficient (Wildman–Crippen LogP) is 9.51. The first-order valence-corrected chi connectivity index (χ1v) is 20.9. The summed E-state index contributed by atoms with van der Waals surface area (Å²) in [5.41, 5.74) is 1.68. The van der Waals surface area contributed by atoms with Crippen LogP contribution in [0.25, 0.3) is 33.8 Å². The molecule has 2 aromatic heterocycles. The van der Waals surface area contributed by atoms with E-state index in [2.05, 4.69) is 0 Å². The number of ketones is 4. The summed E-state index contributed by atoms with van der Waals surface area (Å²) in [6, 6.07) is 18.0. The molecule has 4 heterocycles. The van der Waals surface area contributed by atoms with E-state index in [0.29, 0.717) is 52.7 Å². The van der Waals surface area contributed by atoms with Gasteiger partial charge >= 0.3 is 11.9 Å². The molecule has 0 bridgehead atoms. The van der Waals surface area contributed by atoms with Crippen molar-refractivity contribution in [2.24, 2.45) is 0 Å². The van der Waals surface area contributed by atoms with Crippen molar-refractivity contribution in [1.29, 1.82) is 0 Å². The Bertz CT molecular complexity index is 2440. The molecule has 0 unspecified atom stereocenters. The first-order chi connectivity index (χ1) is 28.7. The summed E-state index contributed by atoms with van der Waals surface area (Å²) in [6.45, 7) is 0. The third kappa shape index (κ3) is 7.74. The summed E-state index contributed by atoms with van der Waals surface area (Å²) in [5, 5.41) is 41.0. The number of carbonyl (C=O) groups excluding carboxylic acids is 4. The van der Waals surface area contributed by atoms with Gasteiger partial charge in [-0.2, -0.15) is 0 Å². The molecule has 2 aliphatic heterocycles. The van der Waals surface area contributed by atoms with Gasteiger partial charge in [-0.3, -0.25) is 28.8 Å². The van der Waals surface area contributed by atoms with Gasteiger partial charge < -0.3 is 29.6 Å². The van der Waals surface area contributed by atoms with Crippen molar-refractivity contribution in [1.82, 2.24) is 9.13 Å². The zero-order valence-electron chi connectivity index (χ0n) is 32.7. The van der Waals surface area contributed by atoms with Crippen LogP contribution < -0.4 is 0 Å². The number of aliphatic hydroxyl groups excluding tert-OH is 2. The number of rotatable bonds is 10. The van der Waals surface area contributed by atoms with Gasteiger partial charge in [-0.1, -0.05) is 86.0 Å². The second-order valence-electron chi connectivity index (χ2n) is 15.9. The van der Waals surface area contributed by atoms with E-state index in [1.165, 1.54) is 0 Å². The SMILES string of the molecule is O=C(O)CCC(=O)C1=C(O)c2c(-c3ccc(Cl)cc3)ccn2C2(CCCCC2)C1=O.O=C(O)CCC(=O)C1=C(O)c2cc(-c3ccc(Cl)cc3)cn2C2(CCCCC2)C1=O. The monoisotopic (exact) mass is 854 g/mol. The standard InChI is InChI=1S/2C23H22ClNO5/c24-15-6-4-14(5-7-15)16-10-13-25-20(16)21(29)19(17(26)8-9-18(27)28)22(30)23(25)11-2-1-3-12-23;24-16-6-4-14(5-7-16)15-12-17-21(29)20(18(26)8-9-19(27)28)22(30)23(25(17)13-15)10-2-1-3-11-23/h4-7,10,13,29H,1-3,8-9,11-12H2,(H,27,28);4-7,12-13,29H,1-3,8-11H2,(H,27,28). The summed E-state index contributed by atoms with van der Waals surface area (Å²) in [7, 11) is 0. The fraction of sp³-hybridized carbons (Fsp3) is 0.348. The summed E-state index contributed by atoms with van der Waals surface area (Å²) in [5.74, 6) is -5.03. The van der Waals surface area contributed by atoms with E-state index >= 15 is 0 Å². The second-order valence-corrected chi connectivity index (χ2v) is 16.7. The lowest BCUT2D eigenvalue weighted by atomic mass is 9.72. The van der Waals surface area contributed by atoms with Gasteiger partial charge in [0.15, 0.2) is 34.7 Å². The van der Waals surface area contributed by atoms with Crippen molar-refractivity contribution in [3.8, 4) is 22.3 Å². The van der Waals surface area contributed by atoms with E-state index < -0.39 is 46.1 Å². The first kappa shape index (κ1) is 42.4. The maximum Gasteiger partial charge on any atom is 0.303 e. The van der Waals surface area contributed by atoms with Gasteiger partial charge in [0.05, 0.1) is 24.2 Å². The average Bonchev–Trinajstić information content (AvgIpc) is 3.90. The molecule has 2 saturated carbocycles. The number of fused-ring (bicyclic) bond motifs is 4. The van der Waals surface area contributed by atoms with Crippen LogP contribution in [0.5, 0.6) is 0 Å². The molecular weight excluding hydrogens is 811 g/mol. The van der Waals surface area contributed by atoms with Crippen LogP contribution in [0.2, 0.25) is 10.0 Å². The Hall–Kier alpha value is -5.72. The van der Waals surface area contributed by atoms with Gasteiger partial charge in [0, 0.05) is 46.4 Å². The molecule has 312 valence electrons. The molecule has 60 heavy (non-hydrogen) atoms. The van der Waals surface area contributed by atoms with Gasteiger partial charge in [0.2, 0.25) is 0 Å². The zero-order chi connectivity index (χ0) is 42.9. The van der Waals surface area contributed by atoms with E-state index in [-0.39, 0.29) is 48.3 Å². The molecule has 12 nitrogen and oxygen atoms in total. The summed E-state index contributed by atoms with van der Waals surface area (Å²) in [4.78, 5) is 74.5. The number of hydrogen-bond acceptors (Lipinski definition) is 8. The number of carboxylic acid groups (broad SMARTS) is 2. The highest BCUT2D eigenvalue weighted by Crippen LogP contribution is 2.48. The summed E-state index contributed by atoms with van der Waals surface area (Å²) >= 11 is 12.0. The zero-order valence-corrected chi connectivity index (χ0v) is 34.2. The van der Waals surface area contributed by atoms with Crippen LogP contribution in [-0.4, -0.2) is 64.6 Å². The molecule has 0 saturated heterocycles. The average molecular weight is 856 g/mol. The largest absolute Gasteiger partial charge is 0.505 e. The number of nitrogens with zero attached hydrogens (tertiary/aromatic N) is 2. The van der Waals surface area contributed by atoms with E-state index in [0.717, 1.165) is 55.2 Å². The van der Waals surface area contributed by atoms with E-state index in [1.807, 2.05) is 45.7 Å². The Morgan fingerprint density at radius 2 is 1.02 bits per heavy atom. The summed E-state index contributed by atoms with van der Waals surface area (Å²) in [6.07, 6.45) is 9.96. The van der Waals surface area contributed by atoms with Crippen molar-refractivity contribution in [3.63, 3.8) is 0 Å². The molecule has 0 amide bonds. The fourth-order valence-corrected chi connectivity index (χ4v) is 9.51. The Morgan fingerprint density at radius 1 is 0.567 bits per heavy atom. The topological polar surface area (TPSA) is 193 Å². The summed E-state index contributed by atoms with van der Waals surface area (Å²) < 4.78 is 3.64. The minimum absolute atomic E-state index is 0.258. The first-order valence-electron chi connectivity index (χ1n) is 20.1. The Kier molecular flexibility index (Phi) is 12.1. The highest BCUT2D eigenvalue weighted by molar-refractivity contribution is 6.31. The van der Waals surface area contributed by atoms with Crippen LogP contribution in [0.15, 0.2) is 84.2 Å². The molecule has 0 radical (unpaired) electrons. The van der Waals surface area contributed by atoms with E-state index in [4.69, 9.17) is 33.4 Å². The van der Waals surface area contributed by atoms with Gasteiger partial charge in [0.25, 0.3) is 0 Å². The minimum atomic E-state index is -1.12. The number of aromatic nitrogens is 2. The number of carboxylic acids is 2. The molecule has 2 aliphatic carbocycles. The fourth-order valence-electron chi connectivity index (χ4n) is 9.26. The maximum atomic E-state index is 13.5. The Labute approximate surface area is 355 Å². The number of carbonyl (C=O) groups is 6. The number of aliphatic hydroxyl groups is 2. The molecule has 14 heteroatoms. The van der Waals surface area contributed by atoms with Gasteiger partial charge in [0.1, 0.15) is 22.2 Å². The number of benzene rings is 2. The molecule has 2 fully saturated rings. The maximum absolute atomic E-state index is 13.5. The number of Topliss-reactive ketones (excluding diaryl/α,β-unsaturated/α-hetero) is 4. The molecule has 4 N–H and O–H groups in total. The molecule has 4 aromatic rings. The molecule has 2 spiro atoms. The highest BCUT2D eigenvalue weighted by atomic mass is 35.5. The quantitative estimate of drug-likeness (QED) is 0.112. The van der Waals surface area contributed by atoms with Gasteiger partial charge in [-0.15, -0.1) is 0 Å². The molecule has 8 rings (SSSR count). The Morgan fingerprint density at radius 3 is 1.50 bits per heavy atom. The number of hydrogen-bond donors (Lipinski definition) is 4. The van der Waals surface area contributed by atoms with Crippen LogP contribution in [0, 0.1) is 0 Å². The van der Waals surface area contributed by atoms with Gasteiger partial charge in [-0.05, 0) is 73.2 Å². The smallest absolute Gasteiger partial charge is 0.303 e. The lowest BCUT2D eigenvalue weighted by Gasteiger charge is -2.41. The van der Waals surface area contributed by atoms with Crippen LogP contribution in [0.1, 0.15) is 101 Å². The lowest BCUT2D eigenvalue weighted by Crippen LogP contribution is -2.48. The van der Waals surface area contributed by atoms with E-state index in [1.54, 1.807) is 36.5 Å². The van der Waals surface area contributed by atoms with Crippen molar-refractivity contribution in [3.05, 3.63) is 106 Å². The van der Waals surface area contributed by atoms with Crippen molar-refractivity contribution >= 4 is 69.8 Å². The minimum Gasteiger partial charge on any atom is -0.505 e. The van der Waals surface area contributed by atoms with Gasteiger partial charge in [-0.25, -0.2) is 0 Å². The lowest BCUT2D eigenvalue weighted by molar-refractivity contribution is -0.139. The predicted molar refractivity (Wildman–Crippen MR) is 225 cm³/mol. The highest BCUT2D eigenvalue weighted by Gasteiger charge is 2.51. The van der Waals surface area contributed by atoms with Crippen LogP contribution in [0.4, 0.5) is 0 Å². The number of aliphatic carboxylic acids is 2. The second kappa shape index (κ2) is 17.1. The molecule has 4 aliphatic rings. The molecule has 0 atom stereocenters. The Balaban J connectivity index is 0.000000181. The van der Waals surface area contributed by atoms with Crippen molar-refractivity contribution in [2.75, 3.05) is 0 Å². The van der Waals surface area contributed by atoms with Crippen LogP contribution in [-0.2, 0) is 39.8 Å². The van der Waals surface area contributed by atoms with Crippen molar-refractivity contribution < 1.29 is 49.2 Å². The molecular formula is C46H44Cl2N2O10. The van der Waals surface area contributed by atoms with Crippen LogP contribution >= 0.6 is 23.2 Å². The van der Waals surface area contributed by atoms with E-state index in [9.17, 15) is 39.0 Å². The van der Waals surface area contributed by atoms with Crippen LogP contribution in [0.3, 0.4) is 0 Å². The third-order valence-electron chi connectivity index (χ3n) is 12.3.